The van der Waals surface area contributed by atoms with Crippen LogP contribution in [-0.2, 0) is 11.2 Å². The topological polar surface area (TPSA) is 43.1 Å². The first-order valence-corrected chi connectivity index (χ1v) is 5.33. The minimum absolute atomic E-state index is 0.0817. The second-order valence-corrected chi connectivity index (χ2v) is 3.65. The lowest BCUT2D eigenvalue weighted by Crippen LogP contribution is -2.15. The van der Waals surface area contributed by atoms with Crippen molar-refractivity contribution in [2.75, 3.05) is 12.8 Å². The van der Waals surface area contributed by atoms with Gasteiger partial charge in [-0.1, -0.05) is 12.1 Å². The van der Waals surface area contributed by atoms with Crippen LogP contribution in [0.1, 0.15) is 5.56 Å². The van der Waals surface area contributed by atoms with Crippen molar-refractivity contribution in [1.29, 1.82) is 0 Å². The van der Waals surface area contributed by atoms with Gasteiger partial charge in [-0.3, -0.25) is 4.79 Å². The Morgan fingerprint density at radius 3 is 2.92 bits per heavy atom. The van der Waals surface area contributed by atoms with Crippen LogP contribution in [0, 0.1) is 0 Å². The number of carbonyl (C=O) groups excluding carboxylic acids is 1. The maximum Gasteiger partial charge on any atom is 0.150 e. The molecule has 1 aromatic carbocycles. The van der Waals surface area contributed by atoms with E-state index in [9.17, 15) is 4.79 Å². The molecule has 0 bridgehead atoms. The SMILES string of the molecule is CSc1cccc(CC(=O)CN)c1. The summed E-state index contributed by atoms with van der Waals surface area (Å²) in [5.74, 6) is 0.0817. The molecule has 0 atom stereocenters. The molecule has 1 aromatic rings. The fourth-order valence-electron chi connectivity index (χ4n) is 1.08. The fourth-order valence-corrected chi connectivity index (χ4v) is 1.57. The summed E-state index contributed by atoms with van der Waals surface area (Å²) in [7, 11) is 0. The molecule has 3 heteroatoms. The number of rotatable bonds is 4. The van der Waals surface area contributed by atoms with Crippen LogP contribution in [0.25, 0.3) is 0 Å². The molecule has 0 amide bonds. The van der Waals surface area contributed by atoms with Crippen LogP contribution in [0.15, 0.2) is 29.2 Å². The highest BCUT2D eigenvalue weighted by atomic mass is 32.2. The van der Waals surface area contributed by atoms with Crippen molar-refractivity contribution >= 4 is 17.5 Å². The molecule has 0 radical (unpaired) electrons. The van der Waals surface area contributed by atoms with Gasteiger partial charge < -0.3 is 5.73 Å². The Labute approximate surface area is 82.5 Å². The van der Waals surface area contributed by atoms with Crippen LogP contribution in [0.2, 0.25) is 0 Å². The quantitative estimate of drug-likeness (QED) is 0.740. The molecule has 2 nitrogen and oxygen atoms in total. The molecule has 1 rings (SSSR count). The molecule has 0 aliphatic heterocycles. The van der Waals surface area contributed by atoms with Gasteiger partial charge in [0.2, 0.25) is 0 Å². The van der Waals surface area contributed by atoms with E-state index in [1.54, 1.807) is 11.8 Å². The van der Waals surface area contributed by atoms with E-state index in [1.165, 1.54) is 4.90 Å². The first kappa shape index (κ1) is 10.3. The molecule has 2 N–H and O–H groups in total. The van der Waals surface area contributed by atoms with Gasteiger partial charge in [-0.15, -0.1) is 11.8 Å². The Hall–Kier alpha value is -0.800. The number of ketones is 1. The van der Waals surface area contributed by atoms with Crippen molar-refractivity contribution in [3.63, 3.8) is 0 Å². The van der Waals surface area contributed by atoms with E-state index in [1.807, 2.05) is 30.5 Å². The number of hydrogen-bond acceptors (Lipinski definition) is 3. The lowest BCUT2D eigenvalue weighted by molar-refractivity contribution is -0.117. The van der Waals surface area contributed by atoms with Crippen molar-refractivity contribution in [3.05, 3.63) is 29.8 Å². The van der Waals surface area contributed by atoms with E-state index in [4.69, 9.17) is 5.73 Å². The zero-order chi connectivity index (χ0) is 9.68. The summed E-state index contributed by atoms with van der Waals surface area (Å²) in [6.07, 6.45) is 2.47. The summed E-state index contributed by atoms with van der Waals surface area (Å²) >= 11 is 1.68. The minimum Gasteiger partial charge on any atom is -0.324 e. The monoisotopic (exact) mass is 195 g/mol. The van der Waals surface area contributed by atoms with Gasteiger partial charge >= 0.3 is 0 Å². The van der Waals surface area contributed by atoms with Gasteiger partial charge in [0.05, 0.1) is 6.54 Å². The molecule has 0 saturated carbocycles. The summed E-state index contributed by atoms with van der Waals surface area (Å²) in [5.41, 5.74) is 6.28. The smallest absolute Gasteiger partial charge is 0.150 e. The Balaban J connectivity index is 2.71. The van der Waals surface area contributed by atoms with Gasteiger partial charge in [0, 0.05) is 11.3 Å². The summed E-state index contributed by atoms with van der Waals surface area (Å²) in [4.78, 5) is 12.2. The normalized spacial score (nSPS) is 10.0. The Morgan fingerprint density at radius 2 is 2.31 bits per heavy atom. The van der Waals surface area contributed by atoms with Crippen LogP contribution >= 0.6 is 11.8 Å². The zero-order valence-corrected chi connectivity index (χ0v) is 8.43. The predicted molar refractivity (Wildman–Crippen MR) is 56.0 cm³/mol. The number of thioether (sulfide) groups is 1. The molecule has 0 aliphatic rings. The maximum absolute atomic E-state index is 11.0. The van der Waals surface area contributed by atoms with Crippen molar-refractivity contribution < 1.29 is 4.79 Å². The highest BCUT2D eigenvalue weighted by Gasteiger charge is 2.01. The first-order chi connectivity index (χ1) is 6.26. The minimum atomic E-state index is 0.0817. The summed E-state index contributed by atoms with van der Waals surface area (Å²) in [6, 6.07) is 7.97. The van der Waals surface area contributed by atoms with Crippen LogP contribution in [-0.4, -0.2) is 18.6 Å². The zero-order valence-electron chi connectivity index (χ0n) is 7.62. The van der Waals surface area contributed by atoms with E-state index in [2.05, 4.69) is 0 Å². The van der Waals surface area contributed by atoms with Gasteiger partial charge in [0.15, 0.2) is 5.78 Å². The van der Waals surface area contributed by atoms with Crippen molar-refractivity contribution in [1.82, 2.24) is 0 Å². The molecule has 0 unspecified atom stereocenters. The van der Waals surface area contributed by atoms with Crippen LogP contribution in [0.3, 0.4) is 0 Å². The van der Waals surface area contributed by atoms with Gasteiger partial charge in [0.25, 0.3) is 0 Å². The third-order valence-corrected chi connectivity index (χ3v) is 2.49. The van der Waals surface area contributed by atoms with Gasteiger partial charge in [-0.2, -0.15) is 0 Å². The number of benzene rings is 1. The Bertz CT molecular complexity index is 299. The summed E-state index contributed by atoms with van der Waals surface area (Å²) in [6.45, 7) is 0.128. The molecule has 0 spiro atoms. The molecule has 0 saturated heterocycles. The van der Waals surface area contributed by atoms with E-state index in [0.717, 1.165) is 5.56 Å². The Kier molecular flexibility index (Phi) is 3.99. The predicted octanol–water partition coefficient (Wildman–Crippen LogP) is 1.48. The lowest BCUT2D eigenvalue weighted by Gasteiger charge is -2.01. The standard InChI is InChI=1S/C10H13NOS/c1-13-10-4-2-3-8(6-10)5-9(12)7-11/h2-4,6H,5,7,11H2,1H3. The van der Waals surface area contributed by atoms with Gasteiger partial charge in [-0.25, -0.2) is 0 Å². The first-order valence-electron chi connectivity index (χ1n) is 4.11. The number of nitrogens with two attached hydrogens (primary N) is 1. The third kappa shape index (κ3) is 3.20. The van der Waals surface area contributed by atoms with E-state index < -0.39 is 0 Å². The molecule has 70 valence electrons. The van der Waals surface area contributed by atoms with Crippen molar-refractivity contribution in [2.24, 2.45) is 5.73 Å². The summed E-state index contributed by atoms with van der Waals surface area (Å²) < 4.78 is 0. The highest BCUT2D eigenvalue weighted by Crippen LogP contribution is 2.15. The fraction of sp³-hybridized carbons (Fsp3) is 0.300. The Morgan fingerprint density at radius 1 is 1.54 bits per heavy atom. The average molecular weight is 195 g/mol. The van der Waals surface area contributed by atoms with Crippen molar-refractivity contribution in [3.8, 4) is 0 Å². The molecular weight excluding hydrogens is 182 g/mol. The van der Waals surface area contributed by atoms with Crippen LogP contribution in [0.4, 0.5) is 0 Å². The van der Waals surface area contributed by atoms with E-state index in [0.29, 0.717) is 6.42 Å². The number of Topliss-reactive ketones (excluding diaryl/α,β-unsaturated/α-hetero) is 1. The number of hydrogen-bond donors (Lipinski definition) is 1. The van der Waals surface area contributed by atoms with Crippen LogP contribution in [0.5, 0.6) is 0 Å². The van der Waals surface area contributed by atoms with Gasteiger partial charge in [0.1, 0.15) is 0 Å². The molecular formula is C10H13NOS. The average Bonchev–Trinajstić information content (AvgIpc) is 2.18. The molecule has 0 aliphatic carbocycles. The third-order valence-electron chi connectivity index (χ3n) is 1.76. The highest BCUT2D eigenvalue weighted by molar-refractivity contribution is 7.98. The van der Waals surface area contributed by atoms with Crippen LogP contribution < -0.4 is 5.73 Å². The van der Waals surface area contributed by atoms with Gasteiger partial charge in [-0.05, 0) is 24.0 Å². The summed E-state index contributed by atoms with van der Waals surface area (Å²) in [5, 5.41) is 0. The number of carbonyl (C=O) groups is 1. The second-order valence-electron chi connectivity index (χ2n) is 2.77. The van der Waals surface area contributed by atoms with Crippen molar-refractivity contribution in [2.45, 2.75) is 11.3 Å². The second kappa shape index (κ2) is 5.04. The van der Waals surface area contributed by atoms with E-state index in [-0.39, 0.29) is 12.3 Å². The molecule has 13 heavy (non-hydrogen) atoms. The largest absolute Gasteiger partial charge is 0.324 e. The van der Waals surface area contributed by atoms with E-state index >= 15 is 0 Å². The molecule has 0 fully saturated rings. The lowest BCUT2D eigenvalue weighted by atomic mass is 10.1. The molecule has 0 aromatic heterocycles. The molecule has 0 heterocycles. The maximum atomic E-state index is 11.0.